The summed E-state index contributed by atoms with van der Waals surface area (Å²) in [6, 6.07) is 9.66. The first-order valence-corrected chi connectivity index (χ1v) is 13.1. The number of phenols is 1. The van der Waals surface area contributed by atoms with Gasteiger partial charge < -0.3 is 34.9 Å². The highest BCUT2D eigenvalue weighted by molar-refractivity contribution is 5.94. The van der Waals surface area contributed by atoms with Crippen molar-refractivity contribution in [2.45, 2.75) is 67.7 Å². The lowest BCUT2D eigenvalue weighted by Crippen LogP contribution is -2.81. The molecule has 8 heteroatoms. The van der Waals surface area contributed by atoms with Crippen molar-refractivity contribution in [2.75, 3.05) is 20.2 Å². The molecule has 3 N–H and O–H groups in total. The number of aromatic hydroxyl groups is 1. The standard InChI is InChI=1S/C28H32N2O6/c1-35-19-4-2-3-18(13-19)26(32)29-20-9-10-28(33)22-14-17-7-8-21(31)24-23(17)27(28,25(20)36-24)11-12-30(22,34)15-16-5-6-16/h2-4,7-8,13,16,20,22,25,31,33H,5-6,9-12,14-15H2,1H3,(H,29,32)/t20-,22-,25+,27+,28-,30?/m1/s1. The molecular weight excluding hydrogens is 460 g/mol. The Balaban J connectivity index is 1.29. The summed E-state index contributed by atoms with van der Waals surface area (Å²) in [6.45, 7) is 0.972. The smallest absolute Gasteiger partial charge is 0.251 e. The van der Waals surface area contributed by atoms with E-state index >= 15 is 0 Å². The van der Waals surface area contributed by atoms with E-state index in [4.69, 9.17) is 9.47 Å². The van der Waals surface area contributed by atoms with Crippen molar-refractivity contribution in [1.82, 2.24) is 5.32 Å². The van der Waals surface area contributed by atoms with E-state index in [1.165, 1.54) is 0 Å². The van der Waals surface area contributed by atoms with E-state index in [9.17, 15) is 20.2 Å². The minimum absolute atomic E-state index is 0.0441. The van der Waals surface area contributed by atoms with Crippen LogP contribution in [0.1, 0.15) is 53.6 Å². The highest BCUT2D eigenvalue weighted by atomic mass is 16.6. The van der Waals surface area contributed by atoms with Crippen LogP contribution >= 0.6 is 0 Å². The number of hydroxylamine groups is 3. The molecule has 190 valence electrons. The fraction of sp³-hybridized carbons (Fsp3) is 0.536. The number of likely N-dealkylation sites (tertiary alicyclic amines) is 1. The van der Waals surface area contributed by atoms with Gasteiger partial charge in [-0.15, -0.1) is 0 Å². The van der Waals surface area contributed by atoms with Gasteiger partial charge >= 0.3 is 0 Å². The Bertz CT molecular complexity index is 1260. The number of piperidine rings is 1. The predicted octanol–water partition coefficient (Wildman–Crippen LogP) is 2.78. The molecule has 8 nitrogen and oxygen atoms in total. The minimum atomic E-state index is -1.25. The maximum atomic E-state index is 14.3. The number of nitrogens with one attached hydrogen (secondary N) is 1. The fourth-order valence-electron chi connectivity index (χ4n) is 7.92. The SMILES string of the molecule is COc1cccc(C(=O)N[C@@H]2CC[C@@]3(O)[C@H]4Cc5ccc(O)c6c5[C@@]3(CC[N+]4([O-])CC3CC3)[C@H]2O6)c1. The van der Waals surface area contributed by atoms with Crippen LogP contribution in [0.2, 0.25) is 0 Å². The maximum Gasteiger partial charge on any atom is 0.251 e. The third kappa shape index (κ3) is 2.83. The normalized spacial score (nSPS) is 37.6. The molecule has 1 amide bonds. The summed E-state index contributed by atoms with van der Waals surface area (Å²) in [7, 11) is 1.56. The van der Waals surface area contributed by atoms with Crippen LogP contribution in [0.25, 0.3) is 0 Å². The van der Waals surface area contributed by atoms with Crippen LogP contribution < -0.4 is 14.8 Å². The molecule has 2 aliphatic heterocycles. The molecule has 7 rings (SSSR count). The summed E-state index contributed by atoms with van der Waals surface area (Å²) in [4.78, 5) is 13.3. The molecule has 1 spiro atoms. The Labute approximate surface area is 210 Å². The quantitative estimate of drug-likeness (QED) is 0.437. The van der Waals surface area contributed by atoms with E-state index in [1.54, 1.807) is 37.4 Å². The lowest BCUT2D eigenvalue weighted by molar-refractivity contribution is -0.924. The summed E-state index contributed by atoms with van der Waals surface area (Å²) >= 11 is 0. The van der Waals surface area contributed by atoms with Crippen molar-refractivity contribution in [1.29, 1.82) is 0 Å². The first-order chi connectivity index (χ1) is 17.3. The molecule has 2 aromatic carbocycles. The molecule has 0 aromatic heterocycles. The van der Waals surface area contributed by atoms with E-state index < -0.39 is 23.2 Å². The topological polar surface area (TPSA) is 111 Å². The van der Waals surface area contributed by atoms with Crippen LogP contribution in [0.5, 0.6) is 17.2 Å². The lowest BCUT2D eigenvalue weighted by atomic mass is 9.48. The van der Waals surface area contributed by atoms with Gasteiger partial charge in [0.05, 0.1) is 31.7 Å². The van der Waals surface area contributed by atoms with Crippen LogP contribution in [-0.2, 0) is 11.8 Å². The van der Waals surface area contributed by atoms with Gasteiger partial charge in [-0.25, -0.2) is 0 Å². The molecule has 2 saturated carbocycles. The molecule has 2 heterocycles. The number of nitrogens with zero attached hydrogens (tertiary/aromatic N) is 1. The predicted molar refractivity (Wildman–Crippen MR) is 131 cm³/mol. The first kappa shape index (κ1) is 22.4. The number of carbonyl (C=O) groups is 1. The Hall–Kier alpha value is -2.81. The number of hydrogen-bond acceptors (Lipinski definition) is 6. The van der Waals surface area contributed by atoms with Gasteiger partial charge in [-0.1, -0.05) is 12.1 Å². The first-order valence-electron chi connectivity index (χ1n) is 13.1. The number of hydrogen-bond donors (Lipinski definition) is 3. The van der Waals surface area contributed by atoms with E-state index in [0.29, 0.717) is 61.8 Å². The lowest BCUT2D eigenvalue weighted by Gasteiger charge is -2.68. The summed E-state index contributed by atoms with van der Waals surface area (Å²) in [5, 5.41) is 40.7. The number of methoxy groups -OCH3 is 1. The van der Waals surface area contributed by atoms with Gasteiger partial charge in [0.1, 0.15) is 23.5 Å². The number of phenolic OH excluding ortho intramolecular Hbond substituents is 1. The van der Waals surface area contributed by atoms with Gasteiger partial charge in [0.15, 0.2) is 11.5 Å². The van der Waals surface area contributed by atoms with Crippen LogP contribution in [0, 0.1) is 11.1 Å². The number of aliphatic hydroxyl groups is 1. The molecule has 5 aliphatic rings. The molecule has 0 radical (unpaired) electrons. The Kier molecular flexibility index (Phi) is 4.58. The third-order valence-corrected chi connectivity index (χ3v) is 9.70. The highest BCUT2D eigenvalue weighted by Crippen LogP contribution is 2.66. The van der Waals surface area contributed by atoms with Crippen molar-refractivity contribution < 1.29 is 29.1 Å². The summed E-state index contributed by atoms with van der Waals surface area (Å²) in [5.41, 5.74) is 0.226. The van der Waals surface area contributed by atoms with E-state index in [0.717, 1.165) is 24.0 Å². The van der Waals surface area contributed by atoms with Gasteiger partial charge in [-0.05, 0) is 55.5 Å². The summed E-state index contributed by atoms with van der Waals surface area (Å²) < 4.78 is 11.4. The number of quaternary nitrogens is 1. The molecule has 1 unspecified atom stereocenters. The van der Waals surface area contributed by atoms with Crippen molar-refractivity contribution in [3.63, 3.8) is 0 Å². The molecule has 36 heavy (non-hydrogen) atoms. The van der Waals surface area contributed by atoms with Gasteiger partial charge in [-0.2, -0.15) is 0 Å². The van der Waals surface area contributed by atoms with E-state index in [2.05, 4.69) is 5.32 Å². The zero-order valence-corrected chi connectivity index (χ0v) is 20.4. The monoisotopic (exact) mass is 492 g/mol. The highest BCUT2D eigenvalue weighted by Gasteiger charge is 2.76. The second kappa shape index (κ2) is 7.37. The molecule has 1 saturated heterocycles. The zero-order chi connectivity index (χ0) is 24.9. The van der Waals surface area contributed by atoms with E-state index in [1.807, 2.05) is 6.07 Å². The van der Waals surface area contributed by atoms with Crippen molar-refractivity contribution in [3.8, 4) is 17.2 Å². The van der Waals surface area contributed by atoms with Crippen molar-refractivity contribution in [2.24, 2.45) is 5.92 Å². The van der Waals surface area contributed by atoms with Crippen LogP contribution in [0.15, 0.2) is 36.4 Å². The molecule has 2 bridgehead atoms. The van der Waals surface area contributed by atoms with Gasteiger partial charge in [0, 0.05) is 29.9 Å². The summed E-state index contributed by atoms with van der Waals surface area (Å²) in [6.07, 6.45) is 3.47. The fourth-order valence-corrected chi connectivity index (χ4v) is 7.92. The molecule has 3 aliphatic carbocycles. The molecule has 3 fully saturated rings. The molecule has 6 atom stereocenters. The largest absolute Gasteiger partial charge is 0.632 e. The number of rotatable bonds is 5. The van der Waals surface area contributed by atoms with Gasteiger partial charge in [0.25, 0.3) is 5.91 Å². The maximum absolute atomic E-state index is 14.3. The van der Waals surface area contributed by atoms with Crippen molar-refractivity contribution >= 4 is 5.91 Å². The number of amides is 1. The number of ether oxygens (including phenoxy) is 2. The minimum Gasteiger partial charge on any atom is -0.632 e. The van der Waals surface area contributed by atoms with E-state index in [-0.39, 0.29) is 22.3 Å². The summed E-state index contributed by atoms with van der Waals surface area (Å²) in [5.74, 6) is 1.26. The second-order valence-corrected chi connectivity index (χ2v) is 11.5. The molecule has 2 aromatic rings. The second-order valence-electron chi connectivity index (χ2n) is 11.5. The van der Waals surface area contributed by atoms with Crippen LogP contribution in [-0.4, -0.2) is 64.8 Å². The van der Waals surface area contributed by atoms with Gasteiger partial charge in [0.2, 0.25) is 0 Å². The number of benzene rings is 2. The van der Waals surface area contributed by atoms with Crippen molar-refractivity contribution in [3.05, 3.63) is 58.3 Å². The average Bonchev–Trinajstić information content (AvgIpc) is 3.60. The average molecular weight is 493 g/mol. The third-order valence-electron chi connectivity index (χ3n) is 9.70. The molecular formula is C28H32N2O6. The Morgan fingerprint density at radius 3 is 2.86 bits per heavy atom. The zero-order valence-electron chi connectivity index (χ0n) is 20.4. The Morgan fingerprint density at radius 1 is 1.25 bits per heavy atom. The number of carbonyl (C=O) groups excluding carboxylic acids is 1. The Morgan fingerprint density at radius 2 is 2.08 bits per heavy atom. The van der Waals surface area contributed by atoms with Crippen LogP contribution in [0.4, 0.5) is 0 Å². The van der Waals surface area contributed by atoms with Gasteiger partial charge in [-0.3, -0.25) is 4.79 Å². The van der Waals surface area contributed by atoms with Crippen LogP contribution in [0.3, 0.4) is 0 Å².